The molecule has 3 heterocycles. The van der Waals surface area contributed by atoms with Gasteiger partial charge in [0.2, 0.25) is 5.78 Å². The number of rotatable bonds is 4. The fraction of sp³-hybridized carbons (Fsp3) is 0.316. The Labute approximate surface area is 155 Å². The van der Waals surface area contributed by atoms with Crippen LogP contribution in [0.1, 0.15) is 29.2 Å². The van der Waals surface area contributed by atoms with Crippen molar-refractivity contribution in [2.45, 2.75) is 26.4 Å². The molecule has 0 amide bonds. The lowest BCUT2D eigenvalue weighted by atomic mass is 10.1. The summed E-state index contributed by atoms with van der Waals surface area (Å²) in [6.07, 6.45) is 0. The third-order valence-electron chi connectivity index (χ3n) is 4.95. The molecular weight excluding hydrogens is 346 g/mol. The lowest BCUT2D eigenvalue weighted by molar-refractivity contribution is 0.249. The molecule has 0 aliphatic heterocycles. The second-order valence-corrected chi connectivity index (χ2v) is 7.72. The normalized spacial score (nSPS) is 13.1. The van der Waals surface area contributed by atoms with E-state index in [1.54, 1.807) is 23.0 Å². The molecule has 0 saturated heterocycles. The van der Waals surface area contributed by atoms with Crippen molar-refractivity contribution in [3.63, 3.8) is 0 Å². The van der Waals surface area contributed by atoms with Gasteiger partial charge in [0, 0.05) is 18.0 Å². The van der Waals surface area contributed by atoms with Gasteiger partial charge in [-0.15, -0.1) is 21.5 Å². The van der Waals surface area contributed by atoms with E-state index in [9.17, 15) is 4.79 Å². The molecule has 1 aromatic carbocycles. The highest BCUT2D eigenvalue weighted by Gasteiger charge is 2.19. The first-order valence-electron chi connectivity index (χ1n) is 8.54. The van der Waals surface area contributed by atoms with Crippen molar-refractivity contribution in [1.29, 1.82) is 0 Å². The van der Waals surface area contributed by atoms with E-state index in [4.69, 9.17) is 0 Å². The first kappa shape index (κ1) is 16.9. The molecule has 0 aliphatic rings. The highest BCUT2D eigenvalue weighted by atomic mass is 32.1. The Bertz CT molecular complexity index is 1140. The fourth-order valence-electron chi connectivity index (χ4n) is 3.27. The summed E-state index contributed by atoms with van der Waals surface area (Å²) in [7, 11) is 3.83. The van der Waals surface area contributed by atoms with Gasteiger partial charge < -0.3 is 0 Å². The zero-order valence-electron chi connectivity index (χ0n) is 15.3. The number of aromatic nitrogens is 4. The minimum Gasteiger partial charge on any atom is -0.291 e. The van der Waals surface area contributed by atoms with Crippen molar-refractivity contribution < 1.29 is 0 Å². The number of fused-ring (bicyclic) bond motifs is 3. The van der Waals surface area contributed by atoms with Crippen molar-refractivity contribution >= 4 is 28.0 Å². The molecule has 1 unspecified atom stereocenters. The van der Waals surface area contributed by atoms with Gasteiger partial charge in [-0.05, 0) is 44.5 Å². The standard InChI is InChI=1S/C19H21N5OS/c1-12-7-8-15-14(10-12)18(25)23(4)19-21-20-17(24(15)19)11-22(3)13(2)16-6-5-9-26-16/h5-10,13H,11H2,1-4H3. The van der Waals surface area contributed by atoms with Crippen LogP contribution in [0.25, 0.3) is 16.7 Å². The van der Waals surface area contributed by atoms with Gasteiger partial charge in [0.1, 0.15) is 0 Å². The fourth-order valence-corrected chi connectivity index (χ4v) is 4.12. The predicted molar refractivity (Wildman–Crippen MR) is 105 cm³/mol. The number of benzene rings is 1. The molecule has 0 bridgehead atoms. The van der Waals surface area contributed by atoms with Crippen LogP contribution < -0.4 is 5.56 Å². The van der Waals surface area contributed by atoms with Crippen molar-refractivity contribution in [2.24, 2.45) is 7.05 Å². The summed E-state index contributed by atoms with van der Waals surface area (Å²) in [5, 5.41) is 11.5. The van der Waals surface area contributed by atoms with Crippen molar-refractivity contribution in [3.8, 4) is 0 Å². The third-order valence-corrected chi connectivity index (χ3v) is 5.99. The SMILES string of the molecule is Cc1ccc2c(c1)c(=O)n(C)c1nnc(CN(C)C(C)c3cccs3)n21. The first-order valence-corrected chi connectivity index (χ1v) is 9.42. The van der Waals surface area contributed by atoms with Crippen LogP contribution in [0.3, 0.4) is 0 Å². The maximum absolute atomic E-state index is 12.7. The number of hydrogen-bond acceptors (Lipinski definition) is 5. The second kappa shape index (κ2) is 6.34. The van der Waals surface area contributed by atoms with Gasteiger partial charge in [0.05, 0.1) is 17.4 Å². The maximum Gasteiger partial charge on any atom is 0.262 e. The Morgan fingerprint density at radius 2 is 2.08 bits per heavy atom. The summed E-state index contributed by atoms with van der Waals surface area (Å²) in [4.78, 5) is 16.2. The van der Waals surface area contributed by atoms with Crippen LogP contribution in [-0.2, 0) is 13.6 Å². The Kier molecular flexibility index (Phi) is 4.13. The molecule has 4 aromatic rings. The van der Waals surface area contributed by atoms with Crippen LogP contribution in [0.5, 0.6) is 0 Å². The van der Waals surface area contributed by atoms with E-state index >= 15 is 0 Å². The molecule has 26 heavy (non-hydrogen) atoms. The summed E-state index contributed by atoms with van der Waals surface area (Å²) < 4.78 is 3.56. The molecule has 1 atom stereocenters. The van der Waals surface area contributed by atoms with Gasteiger partial charge in [-0.25, -0.2) is 0 Å². The monoisotopic (exact) mass is 367 g/mol. The van der Waals surface area contributed by atoms with E-state index in [2.05, 4.69) is 46.6 Å². The second-order valence-electron chi connectivity index (χ2n) is 6.74. The number of nitrogens with zero attached hydrogens (tertiary/aromatic N) is 5. The smallest absolute Gasteiger partial charge is 0.262 e. The van der Waals surface area contributed by atoms with Gasteiger partial charge in [-0.1, -0.05) is 17.7 Å². The van der Waals surface area contributed by atoms with E-state index in [1.807, 2.05) is 29.5 Å². The zero-order chi connectivity index (χ0) is 18.4. The molecule has 0 radical (unpaired) electrons. The van der Waals surface area contributed by atoms with Crippen LogP contribution >= 0.6 is 11.3 Å². The Balaban J connectivity index is 1.84. The lowest BCUT2D eigenvalue weighted by Crippen LogP contribution is -2.24. The molecular formula is C19H21N5OS. The van der Waals surface area contributed by atoms with E-state index < -0.39 is 0 Å². The highest BCUT2D eigenvalue weighted by molar-refractivity contribution is 7.10. The molecule has 6 nitrogen and oxygen atoms in total. The molecule has 3 aromatic heterocycles. The average Bonchev–Trinajstić information content (AvgIpc) is 3.29. The number of aryl methyl sites for hydroxylation is 2. The van der Waals surface area contributed by atoms with E-state index in [0.29, 0.717) is 17.7 Å². The summed E-state index contributed by atoms with van der Waals surface area (Å²) in [5.74, 6) is 1.40. The maximum atomic E-state index is 12.7. The largest absolute Gasteiger partial charge is 0.291 e. The van der Waals surface area contributed by atoms with E-state index in [-0.39, 0.29) is 11.6 Å². The van der Waals surface area contributed by atoms with Crippen molar-refractivity contribution in [1.82, 2.24) is 24.1 Å². The van der Waals surface area contributed by atoms with Crippen LogP contribution in [0.4, 0.5) is 0 Å². The van der Waals surface area contributed by atoms with Crippen LogP contribution in [0.2, 0.25) is 0 Å². The van der Waals surface area contributed by atoms with Gasteiger partial charge in [-0.2, -0.15) is 0 Å². The Morgan fingerprint density at radius 1 is 1.27 bits per heavy atom. The summed E-state index contributed by atoms with van der Waals surface area (Å²) >= 11 is 1.75. The predicted octanol–water partition coefficient (Wildman–Crippen LogP) is 3.14. The lowest BCUT2D eigenvalue weighted by Gasteiger charge is -2.23. The molecule has 0 N–H and O–H groups in total. The number of hydrogen-bond donors (Lipinski definition) is 0. The zero-order valence-corrected chi connectivity index (χ0v) is 16.1. The highest BCUT2D eigenvalue weighted by Crippen LogP contribution is 2.25. The number of thiophene rings is 1. The first-order chi connectivity index (χ1) is 12.5. The third kappa shape index (κ3) is 2.64. The topological polar surface area (TPSA) is 55.4 Å². The quantitative estimate of drug-likeness (QED) is 0.556. The Morgan fingerprint density at radius 3 is 2.81 bits per heavy atom. The minimum absolute atomic E-state index is 0.0459. The van der Waals surface area contributed by atoms with Gasteiger partial charge in [0.15, 0.2) is 5.82 Å². The van der Waals surface area contributed by atoms with E-state index in [0.717, 1.165) is 16.9 Å². The molecule has 0 spiro atoms. The molecule has 0 fully saturated rings. The average molecular weight is 367 g/mol. The van der Waals surface area contributed by atoms with Gasteiger partial charge >= 0.3 is 0 Å². The summed E-state index contributed by atoms with van der Waals surface area (Å²) in [6.45, 7) is 4.82. The van der Waals surface area contributed by atoms with Crippen LogP contribution in [-0.4, -0.2) is 31.1 Å². The van der Waals surface area contributed by atoms with Crippen molar-refractivity contribution in [3.05, 3.63) is 62.3 Å². The summed E-state index contributed by atoms with van der Waals surface area (Å²) in [5.41, 5.74) is 1.87. The van der Waals surface area contributed by atoms with Crippen LogP contribution in [0, 0.1) is 6.92 Å². The Hall–Kier alpha value is -2.51. The molecule has 0 saturated carbocycles. The van der Waals surface area contributed by atoms with Gasteiger partial charge in [0.25, 0.3) is 5.56 Å². The minimum atomic E-state index is -0.0459. The molecule has 4 rings (SSSR count). The van der Waals surface area contributed by atoms with Crippen molar-refractivity contribution in [2.75, 3.05) is 7.05 Å². The van der Waals surface area contributed by atoms with E-state index in [1.165, 1.54) is 4.88 Å². The summed E-state index contributed by atoms with van der Waals surface area (Å²) in [6, 6.07) is 10.4. The molecule has 0 aliphatic carbocycles. The molecule has 7 heteroatoms. The molecule has 134 valence electrons. The van der Waals surface area contributed by atoms with Crippen LogP contribution in [0.15, 0.2) is 40.5 Å². The van der Waals surface area contributed by atoms with Gasteiger partial charge in [-0.3, -0.25) is 18.7 Å².